The van der Waals surface area contributed by atoms with Crippen molar-refractivity contribution in [1.29, 1.82) is 0 Å². The predicted octanol–water partition coefficient (Wildman–Crippen LogP) is 5.05. The Bertz CT molecular complexity index is 1470. The van der Waals surface area contributed by atoms with Gasteiger partial charge in [-0.25, -0.2) is 9.50 Å². The van der Waals surface area contributed by atoms with Gasteiger partial charge in [-0.2, -0.15) is 5.10 Å². The Kier molecular flexibility index (Phi) is 4.98. The van der Waals surface area contributed by atoms with Gasteiger partial charge < -0.3 is 8.98 Å². The summed E-state index contributed by atoms with van der Waals surface area (Å²) < 4.78 is 9.20. The highest BCUT2D eigenvalue weighted by Gasteiger charge is 2.15. The zero-order chi connectivity index (χ0) is 22.2. The molecule has 6 nitrogen and oxygen atoms in total. The van der Waals surface area contributed by atoms with E-state index in [9.17, 15) is 4.79 Å². The molecule has 0 atom stereocenters. The largest absolute Gasteiger partial charge is 0.441 e. The summed E-state index contributed by atoms with van der Waals surface area (Å²) in [5.74, 6) is 1.28. The van der Waals surface area contributed by atoms with Crippen LogP contribution in [-0.2, 0) is 13.0 Å². The van der Waals surface area contributed by atoms with Gasteiger partial charge in [0.2, 0.25) is 5.89 Å². The summed E-state index contributed by atoms with van der Waals surface area (Å²) in [5, 5.41) is 4.59. The van der Waals surface area contributed by atoms with Gasteiger partial charge in [0.05, 0.1) is 12.2 Å². The first-order valence-electron chi connectivity index (χ1n) is 10.7. The van der Waals surface area contributed by atoms with Crippen molar-refractivity contribution >= 4 is 5.52 Å². The lowest BCUT2D eigenvalue weighted by Crippen LogP contribution is -2.22. The fourth-order valence-corrected chi connectivity index (χ4v) is 3.87. The molecule has 0 amide bonds. The zero-order valence-electron chi connectivity index (χ0n) is 18.4. The van der Waals surface area contributed by atoms with Crippen molar-refractivity contribution in [3.8, 4) is 22.7 Å². The van der Waals surface area contributed by atoms with E-state index in [2.05, 4.69) is 29.1 Å². The molecule has 5 aromatic rings. The average Bonchev–Trinajstić information content (AvgIpc) is 3.40. The van der Waals surface area contributed by atoms with Crippen molar-refractivity contribution in [1.82, 2.24) is 19.2 Å². The molecular formula is C26H24N4O2. The Morgan fingerprint density at radius 3 is 2.53 bits per heavy atom. The molecule has 0 aliphatic carbocycles. The van der Waals surface area contributed by atoms with Crippen LogP contribution in [0.1, 0.15) is 29.5 Å². The van der Waals surface area contributed by atoms with E-state index >= 15 is 0 Å². The molecule has 3 heterocycles. The lowest BCUT2D eigenvalue weighted by molar-refractivity contribution is 0.537. The van der Waals surface area contributed by atoms with E-state index in [1.165, 1.54) is 5.56 Å². The van der Waals surface area contributed by atoms with E-state index in [1.54, 1.807) is 21.5 Å². The first-order chi connectivity index (χ1) is 15.5. The Labute approximate surface area is 185 Å². The standard InChI is InChI=1S/C26H24N4O2/c1-4-19-9-11-20(12-10-19)22-15-24-26(31)29(13-14-30(24)28-22)16-23-18(3)32-25(27-23)21-8-6-5-7-17(21)2/h5-15H,4,16H2,1-3H3. The van der Waals surface area contributed by atoms with Crippen molar-refractivity contribution in [3.63, 3.8) is 0 Å². The molecule has 0 unspecified atom stereocenters. The normalized spacial score (nSPS) is 11.3. The number of oxazole rings is 1. The fraction of sp³-hybridized carbons (Fsp3) is 0.192. The molecule has 160 valence electrons. The molecule has 0 fully saturated rings. The first-order valence-corrected chi connectivity index (χ1v) is 10.7. The molecule has 0 aliphatic rings. The molecule has 0 saturated heterocycles. The van der Waals surface area contributed by atoms with E-state index < -0.39 is 0 Å². The van der Waals surface area contributed by atoms with Crippen LogP contribution in [0.3, 0.4) is 0 Å². The number of aryl methyl sites for hydroxylation is 3. The third-order valence-electron chi connectivity index (χ3n) is 5.85. The molecule has 6 heteroatoms. The second kappa shape index (κ2) is 7.96. The van der Waals surface area contributed by atoms with Gasteiger partial charge in [0, 0.05) is 23.5 Å². The molecule has 32 heavy (non-hydrogen) atoms. The monoisotopic (exact) mass is 424 g/mol. The Morgan fingerprint density at radius 1 is 1.00 bits per heavy atom. The smallest absolute Gasteiger partial charge is 0.276 e. The number of nitrogens with zero attached hydrogens (tertiary/aromatic N) is 4. The lowest BCUT2D eigenvalue weighted by Gasteiger charge is -2.04. The molecule has 3 aromatic heterocycles. The van der Waals surface area contributed by atoms with Crippen LogP contribution in [-0.4, -0.2) is 19.2 Å². The Balaban J connectivity index is 1.48. The molecule has 0 aliphatic heterocycles. The van der Waals surface area contributed by atoms with Gasteiger partial charge in [0.25, 0.3) is 5.56 Å². The molecule has 0 bridgehead atoms. The minimum atomic E-state index is -0.115. The minimum absolute atomic E-state index is 0.115. The number of benzene rings is 2. The van der Waals surface area contributed by atoms with Crippen molar-refractivity contribution in [3.05, 3.63) is 99.9 Å². The van der Waals surface area contributed by atoms with E-state index in [4.69, 9.17) is 4.42 Å². The summed E-state index contributed by atoms with van der Waals surface area (Å²) in [6, 6.07) is 18.1. The number of aromatic nitrogens is 4. The molecular weight excluding hydrogens is 400 g/mol. The summed E-state index contributed by atoms with van der Waals surface area (Å²) in [5.41, 5.74) is 6.25. The van der Waals surface area contributed by atoms with Crippen LogP contribution in [0.4, 0.5) is 0 Å². The topological polar surface area (TPSA) is 65.3 Å². The van der Waals surface area contributed by atoms with Gasteiger partial charge in [0.1, 0.15) is 17.0 Å². The maximum absolute atomic E-state index is 13.2. The maximum atomic E-state index is 13.2. The van der Waals surface area contributed by atoms with Gasteiger partial charge in [-0.1, -0.05) is 49.4 Å². The fourth-order valence-electron chi connectivity index (χ4n) is 3.87. The molecule has 0 N–H and O–H groups in total. The van der Waals surface area contributed by atoms with Crippen LogP contribution in [0.2, 0.25) is 0 Å². The highest BCUT2D eigenvalue weighted by molar-refractivity contribution is 5.65. The zero-order valence-corrected chi connectivity index (χ0v) is 18.4. The van der Waals surface area contributed by atoms with Gasteiger partial charge in [-0.15, -0.1) is 0 Å². The van der Waals surface area contributed by atoms with Crippen LogP contribution >= 0.6 is 0 Å². The highest BCUT2D eigenvalue weighted by Crippen LogP contribution is 2.25. The third kappa shape index (κ3) is 3.54. The second-order valence-electron chi connectivity index (χ2n) is 7.98. The molecule has 0 radical (unpaired) electrons. The van der Waals surface area contributed by atoms with Gasteiger partial charge >= 0.3 is 0 Å². The summed E-state index contributed by atoms with van der Waals surface area (Å²) in [4.78, 5) is 17.8. The van der Waals surface area contributed by atoms with Crippen molar-refractivity contribution in [2.24, 2.45) is 0 Å². The SMILES string of the molecule is CCc1ccc(-c2cc3c(=O)n(Cc4nc(-c5ccccc5C)oc4C)ccn3n2)cc1. The molecule has 5 rings (SSSR count). The Morgan fingerprint density at radius 2 is 1.78 bits per heavy atom. The van der Waals surface area contributed by atoms with Gasteiger partial charge in [-0.05, 0) is 43.5 Å². The van der Waals surface area contributed by atoms with Crippen LogP contribution < -0.4 is 5.56 Å². The minimum Gasteiger partial charge on any atom is -0.441 e. The predicted molar refractivity (Wildman–Crippen MR) is 125 cm³/mol. The second-order valence-corrected chi connectivity index (χ2v) is 7.98. The quantitative estimate of drug-likeness (QED) is 0.396. The Hall–Kier alpha value is -3.93. The van der Waals surface area contributed by atoms with E-state index in [1.807, 2.05) is 56.3 Å². The van der Waals surface area contributed by atoms with Crippen molar-refractivity contribution in [2.75, 3.05) is 0 Å². The first kappa shape index (κ1) is 20.0. The summed E-state index contributed by atoms with van der Waals surface area (Å²) >= 11 is 0. The number of fused-ring (bicyclic) bond motifs is 1. The molecule has 0 saturated carbocycles. The van der Waals surface area contributed by atoms with Crippen LogP contribution in [0.25, 0.3) is 28.2 Å². The van der Waals surface area contributed by atoms with Crippen LogP contribution in [0, 0.1) is 13.8 Å². The highest BCUT2D eigenvalue weighted by atomic mass is 16.4. The lowest BCUT2D eigenvalue weighted by atomic mass is 10.1. The number of hydrogen-bond acceptors (Lipinski definition) is 4. The average molecular weight is 425 g/mol. The van der Waals surface area contributed by atoms with E-state index in [0.717, 1.165) is 34.5 Å². The number of hydrogen-bond donors (Lipinski definition) is 0. The van der Waals surface area contributed by atoms with E-state index in [-0.39, 0.29) is 5.56 Å². The summed E-state index contributed by atoms with van der Waals surface area (Å²) in [6.45, 7) is 6.37. The van der Waals surface area contributed by atoms with Gasteiger partial charge in [0.15, 0.2) is 0 Å². The summed E-state index contributed by atoms with van der Waals surface area (Å²) in [6.07, 6.45) is 4.54. The molecule has 2 aromatic carbocycles. The third-order valence-corrected chi connectivity index (χ3v) is 5.85. The van der Waals surface area contributed by atoms with Crippen LogP contribution in [0.15, 0.2) is 76.2 Å². The van der Waals surface area contributed by atoms with E-state index in [0.29, 0.717) is 23.7 Å². The number of rotatable bonds is 5. The van der Waals surface area contributed by atoms with Gasteiger partial charge in [-0.3, -0.25) is 4.79 Å². The maximum Gasteiger partial charge on any atom is 0.276 e. The van der Waals surface area contributed by atoms with Crippen LogP contribution in [0.5, 0.6) is 0 Å². The molecule has 0 spiro atoms. The van der Waals surface area contributed by atoms with Crippen molar-refractivity contribution < 1.29 is 4.42 Å². The van der Waals surface area contributed by atoms with Crippen molar-refractivity contribution in [2.45, 2.75) is 33.7 Å². The summed E-state index contributed by atoms with van der Waals surface area (Å²) in [7, 11) is 0.